The summed E-state index contributed by atoms with van der Waals surface area (Å²) in [6.45, 7) is 0. The van der Waals surface area contributed by atoms with Crippen molar-refractivity contribution in [3.05, 3.63) is 22.1 Å². The molecule has 0 radical (unpaired) electrons. The minimum Gasteiger partial charge on any atom is -0.382 e. The third-order valence-electron chi connectivity index (χ3n) is 4.17. The molecule has 0 spiro atoms. The monoisotopic (exact) mass is 490 g/mol. The Morgan fingerprint density at radius 3 is 2.70 bits per heavy atom. The molecule has 27 heavy (non-hydrogen) atoms. The van der Waals surface area contributed by atoms with Crippen LogP contribution in [-0.2, 0) is 14.6 Å². The van der Waals surface area contributed by atoms with Crippen molar-refractivity contribution in [1.29, 1.82) is 0 Å². The van der Waals surface area contributed by atoms with Crippen LogP contribution in [0, 0.1) is 0 Å². The number of halogens is 1. The summed E-state index contributed by atoms with van der Waals surface area (Å²) >= 11 is 5.48. The van der Waals surface area contributed by atoms with Crippen LogP contribution in [0.1, 0.15) is 32.1 Å². The molecule has 3 rings (SSSR count). The van der Waals surface area contributed by atoms with E-state index in [1.54, 1.807) is 6.07 Å². The molecule has 146 valence electrons. The van der Waals surface area contributed by atoms with E-state index < -0.39 is 9.84 Å². The number of nitrogens with two attached hydrogens (primary N) is 1. The zero-order valence-corrected chi connectivity index (χ0v) is 18.4. The summed E-state index contributed by atoms with van der Waals surface area (Å²) in [5, 5.41) is 3.29. The number of aromatic nitrogens is 2. The van der Waals surface area contributed by atoms with Crippen molar-refractivity contribution in [2.24, 2.45) is 0 Å². The number of hydrogen-bond acceptors (Lipinski definition) is 8. The van der Waals surface area contributed by atoms with Crippen molar-refractivity contribution < 1.29 is 13.2 Å². The van der Waals surface area contributed by atoms with Crippen LogP contribution >= 0.6 is 39.0 Å². The topological polar surface area (TPSA) is 115 Å². The molecule has 0 aromatic carbocycles. The minimum atomic E-state index is -3.77. The molecule has 2 aromatic heterocycles. The van der Waals surface area contributed by atoms with Gasteiger partial charge in [-0.25, -0.2) is 18.4 Å². The minimum absolute atomic E-state index is 0.0748. The molecular weight excluding hydrogens is 472 g/mol. The van der Waals surface area contributed by atoms with Crippen molar-refractivity contribution in [3.8, 4) is 0 Å². The SMILES string of the molecule is Nc1nc(SCC(=O)NC2CCCCC2)ncc1S(=O)(=O)c1ccc(Br)s1. The lowest BCUT2D eigenvalue weighted by molar-refractivity contribution is -0.119. The van der Waals surface area contributed by atoms with Crippen LogP contribution in [0.25, 0.3) is 0 Å². The van der Waals surface area contributed by atoms with Gasteiger partial charge in [0.25, 0.3) is 0 Å². The molecule has 2 heterocycles. The molecule has 3 N–H and O–H groups in total. The smallest absolute Gasteiger partial charge is 0.230 e. The van der Waals surface area contributed by atoms with E-state index in [1.807, 2.05) is 0 Å². The highest BCUT2D eigenvalue weighted by atomic mass is 79.9. The number of nitrogens with one attached hydrogen (secondary N) is 1. The molecule has 1 fully saturated rings. The molecule has 0 aliphatic heterocycles. The van der Waals surface area contributed by atoms with Crippen LogP contribution in [0.3, 0.4) is 0 Å². The Kier molecular flexibility index (Phi) is 6.77. The van der Waals surface area contributed by atoms with Gasteiger partial charge in [0.05, 0.1) is 15.7 Å². The zero-order chi connectivity index (χ0) is 19.4. The third-order valence-corrected chi connectivity index (χ3v) is 8.91. The first-order valence-corrected chi connectivity index (χ1v) is 12.5. The van der Waals surface area contributed by atoms with Gasteiger partial charge >= 0.3 is 0 Å². The Morgan fingerprint density at radius 1 is 1.33 bits per heavy atom. The Bertz CT molecular complexity index is 927. The van der Waals surface area contributed by atoms with E-state index in [0.29, 0.717) is 3.79 Å². The fourth-order valence-corrected chi connectivity index (χ4v) is 6.87. The lowest BCUT2D eigenvalue weighted by atomic mass is 9.95. The molecular formula is C16H19BrN4O3S3. The molecule has 0 saturated heterocycles. The van der Waals surface area contributed by atoms with Gasteiger partial charge in [0.2, 0.25) is 15.7 Å². The average molecular weight is 491 g/mol. The maximum absolute atomic E-state index is 12.6. The van der Waals surface area contributed by atoms with Gasteiger partial charge in [-0.05, 0) is 40.9 Å². The number of thiophene rings is 1. The van der Waals surface area contributed by atoms with E-state index in [1.165, 1.54) is 18.7 Å². The van der Waals surface area contributed by atoms with Gasteiger partial charge < -0.3 is 11.1 Å². The predicted octanol–water partition coefficient (Wildman–Crippen LogP) is 3.26. The van der Waals surface area contributed by atoms with Crippen LogP contribution in [0.2, 0.25) is 0 Å². The second-order valence-corrected chi connectivity index (χ2v) is 11.7. The van der Waals surface area contributed by atoms with Gasteiger partial charge in [0, 0.05) is 6.04 Å². The number of rotatable bonds is 6. The van der Waals surface area contributed by atoms with Crippen LogP contribution in [0.5, 0.6) is 0 Å². The second kappa shape index (κ2) is 8.89. The van der Waals surface area contributed by atoms with E-state index >= 15 is 0 Å². The van der Waals surface area contributed by atoms with Crippen molar-refractivity contribution in [2.45, 2.75) is 52.4 Å². The fourth-order valence-electron chi connectivity index (χ4n) is 2.84. The van der Waals surface area contributed by atoms with Crippen LogP contribution in [0.15, 0.2) is 36.4 Å². The molecule has 1 aliphatic carbocycles. The highest BCUT2D eigenvalue weighted by Gasteiger charge is 2.24. The molecule has 11 heteroatoms. The number of nitrogens with zero attached hydrogens (tertiary/aromatic N) is 2. The molecule has 1 aliphatic rings. The Morgan fingerprint density at radius 2 is 2.07 bits per heavy atom. The standard InChI is InChI=1S/C16H19BrN4O3S3/c17-12-6-7-14(26-12)27(23,24)11-8-19-16(21-15(11)18)25-9-13(22)20-10-4-2-1-3-5-10/h6-8,10H,1-5,9H2,(H,20,22)(H2,18,19,21). The summed E-state index contributed by atoms with van der Waals surface area (Å²) in [6.07, 6.45) is 6.76. The van der Waals surface area contributed by atoms with Crippen molar-refractivity contribution in [3.63, 3.8) is 0 Å². The molecule has 1 amide bonds. The predicted molar refractivity (Wildman–Crippen MR) is 110 cm³/mol. The average Bonchev–Trinajstić information content (AvgIpc) is 3.08. The molecule has 0 atom stereocenters. The summed E-state index contributed by atoms with van der Waals surface area (Å²) in [5.41, 5.74) is 5.86. The van der Waals surface area contributed by atoms with Crippen molar-refractivity contribution in [1.82, 2.24) is 15.3 Å². The summed E-state index contributed by atoms with van der Waals surface area (Å²) in [6, 6.07) is 3.40. The quantitative estimate of drug-likeness (QED) is 0.471. The number of sulfone groups is 1. The summed E-state index contributed by atoms with van der Waals surface area (Å²) in [7, 11) is -3.77. The number of carbonyl (C=O) groups excluding carboxylic acids is 1. The molecule has 2 aromatic rings. The summed E-state index contributed by atoms with van der Waals surface area (Å²) < 4.78 is 26.1. The normalized spacial score (nSPS) is 15.6. The summed E-state index contributed by atoms with van der Waals surface area (Å²) in [4.78, 5) is 20.1. The first kappa shape index (κ1) is 20.6. The number of nitrogen functional groups attached to an aromatic ring is 1. The number of anilines is 1. The molecule has 7 nitrogen and oxygen atoms in total. The van der Waals surface area contributed by atoms with E-state index in [4.69, 9.17) is 5.73 Å². The number of thioether (sulfide) groups is 1. The highest BCUT2D eigenvalue weighted by Crippen LogP contribution is 2.32. The van der Waals surface area contributed by atoms with Gasteiger partial charge in [-0.1, -0.05) is 31.0 Å². The van der Waals surface area contributed by atoms with Gasteiger partial charge in [-0.2, -0.15) is 0 Å². The van der Waals surface area contributed by atoms with Crippen molar-refractivity contribution >= 4 is 60.6 Å². The maximum Gasteiger partial charge on any atom is 0.230 e. The first-order valence-electron chi connectivity index (χ1n) is 8.41. The molecule has 0 bridgehead atoms. The maximum atomic E-state index is 12.6. The second-order valence-electron chi connectivity index (χ2n) is 6.16. The zero-order valence-electron chi connectivity index (χ0n) is 14.4. The largest absolute Gasteiger partial charge is 0.382 e. The Balaban J connectivity index is 1.63. The Hall–Kier alpha value is -1.17. The number of carbonyl (C=O) groups is 1. The van der Waals surface area contributed by atoms with Crippen LogP contribution < -0.4 is 11.1 Å². The van der Waals surface area contributed by atoms with Gasteiger partial charge in [0.1, 0.15) is 14.9 Å². The van der Waals surface area contributed by atoms with Gasteiger partial charge in [-0.3, -0.25) is 4.79 Å². The lowest BCUT2D eigenvalue weighted by Gasteiger charge is -2.22. The highest BCUT2D eigenvalue weighted by molar-refractivity contribution is 9.11. The van der Waals surface area contributed by atoms with Gasteiger partial charge in [0.15, 0.2) is 5.16 Å². The molecule has 1 saturated carbocycles. The van der Waals surface area contributed by atoms with Crippen LogP contribution in [-0.4, -0.2) is 36.1 Å². The third kappa shape index (κ3) is 5.21. The van der Waals surface area contributed by atoms with Crippen LogP contribution in [0.4, 0.5) is 5.82 Å². The Labute approximate surface area is 174 Å². The van der Waals surface area contributed by atoms with Gasteiger partial charge in [-0.15, -0.1) is 11.3 Å². The van der Waals surface area contributed by atoms with E-state index in [9.17, 15) is 13.2 Å². The summed E-state index contributed by atoms with van der Waals surface area (Å²) in [5.74, 6) is -0.0289. The number of hydrogen-bond donors (Lipinski definition) is 2. The number of amides is 1. The van der Waals surface area contributed by atoms with E-state index in [0.717, 1.165) is 48.8 Å². The lowest BCUT2D eigenvalue weighted by Crippen LogP contribution is -2.37. The first-order chi connectivity index (χ1) is 12.9. The van der Waals surface area contributed by atoms with E-state index in [-0.39, 0.29) is 37.8 Å². The fraction of sp³-hybridized carbons (Fsp3) is 0.438. The molecule has 0 unspecified atom stereocenters. The van der Waals surface area contributed by atoms with E-state index in [2.05, 4.69) is 31.2 Å². The van der Waals surface area contributed by atoms with Crippen molar-refractivity contribution in [2.75, 3.05) is 11.5 Å².